The van der Waals surface area contributed by atoms with Gasteiger partial charge in [-0.3, -0.25) is 9.59 Å². The van der Waals surface area contributed by atoms with E-state index < -0.39 is 0 Å². The minimum atomic E-state index is -0.208. The molecule has 25 heavy (non-hydrogen) atoms. The summed E-state index contributed by atoms with van der Waals surface area (Å²) in [6.07, 6.45) is 2.26. The molecule has 2 amide bonds. The van der Waals surface area contributed by atoms with Gasteiger partial charge in [-0.1, -0.05) is 30.0 Å². The van der Waals surface area contributed by atoms with Crippen molar-refractivity contribution in [3.8, 4) is 5.69 Å². The van der Waals surface area contributed by atoms with E-state index in [4.69, 9.17) is 0 Å². The molecule has 3 rings (SSSR count). The highest BCUT2D eigenvalue weighted by Gasteiger charge is 2.30. The lowest BCUT2D eigenvalue weighted by Crippen LogP contribution is -2.37. The number of likely N-dealkylation sites (N-methyl/N-ethyl adjacent to an activating group) is 1. The first-order valence-electron chi connectivity index (χ1n) is 8.36. The number of benzene rings is 1. The highest BCUT2D eigenvalue weighted by Crippen LogP contribution is 2.40. The van der Waals surface area contributed by atoms with Crippen LogP contribution in [0, 0.1) is 0 Å². The molecule has 0 aliphatic heterocycles. The third-order valence-electron chi connectivity index (χ3n) is 3.71. The predicted octanol–water partition coefficient (Wildman–Crippen LogP) is 1.49. The molecule has 0 unspecified atom stereocenters. The minimum absolute atomic E-state index is 0.00750. The molecule has 0 radical (unpaired) electrons. The molecular weight excluding hydrogens is 338 g/mol. The van der Waals surface area contributed by atoms with Gasteiger partial charge in [-0.25, -0.2) is 9.67 Å². The Balaban J connectivity index is 1.60. The summed E-state index contributed by atoms with van der Waals surface area (Å²) in [5.74, 6) is 1.19. The van der Waals surface area contributed by atoms with Gasteiger partial charge in [0.2, 0.25) is 17.0 Å². The number of nitrogens with zero attached hydrogens (tertiary/aromatic N) is 3. The fourth-order valence-corrected chi connectivity index (χ4v) is 3.01. The molecule has 1 aliphatic rings. The molecule has 0 spiro atoms. The molecule has 0 atom stereocenters. The molecule has 132 valence electrons. The lowest BCUT2D eigenvalue weighted by molar-refractivity contribution is -0.124. The van der Waals surface area contributed by atoms with E-state index >= 15 is 0 Å². The summed E-state index contributed by atoms with van der Waals surface area (Å²) in [4.78, 5) is 27.8. The molecule has 8 heteroatoms. The lowest BCUT2D eigenvalue weighted by atomic mass is 10.3. The van der Waals surface area contributed by atoms with Gasteiger partial charge in [0.05, 0.1) is 18.0 Å². The number of nitrogens with one attached hydrogen (secondary N) is 2. The highest BCUT2D eigenvalue weighted by atomic mass is 32.2. The summed E-state index contributed by atoms with van der Waals surface area (Å²) in [7, 11) is 0. The van der Waals surface area contributed by atoms with E-state index in [-0.39, 0.29) is 24.1 Å². The van der Waals surface area contributed by atoms with E-state index in [2.05, 4.69) is 20.7 Å². The molecular formula is C17H21N5O2S. The minimum Gasteiger partial charge on any atom is -0.355 e. The molecule has 2 aromatic rings. The van der Waals surface area contributed by atoms with Crippen molar-refractivity contribution in [1.82, 2.24) is 25.4 Å². The Bertz CT molecular complexity index is 743. The Hall–Kier alpha value is -2.35. The second kappa shape index (κ2) is 8.15. The van der Waals surface area contributed by atoms with Crippen LogP contribution in [0.3, 0.4) is 0 Å². The van der Waals surface area contributed by atoms with E-state index in [1.54, 1.807) is 0 Å². The molecule has 7 nitrogen and oxygen atoms in total. The van der Waals surface area contributed by atoms with Gasteiger partial charge in [0.1, 0.15) is 5.82 Å². The van der Waals surface area contributed by atoms with E-state index in [9.17, 15) is 9.59 Å². The molecule has 1 aromatic carbocycles. The molecule has 1 aliphatic carbocycles. The van der Waals surface area contributed by atoms with Crippen LogP contribution in [0.1, 0.15) is 31.5 Å². The summed E-state index contributed by atoms with van der Waals surface area (Å²) in [5.41, 5.74) is 0.976. The SMILES string of the molecule is CCNC(=O)CNC(=O)CSc1nc(C2CC2)n(-c2ccccc2)n1. The van der Waals surface area contributed by atoms with Gasteiger partial charge in [0, 0.05) is 12.5 Å². The first kappa shape index (κ1) is 17.5. The van der Waals surface area contributed by atoms with Gasteiger partial charge >= 0.3 is 0 Å². The number of aromatic nitrogens is 3. The zero-order chi connectivity index (χ0) is 17.6. The Kier molecular flexibility index (Phi) is 5.70. The van der Waals surface area contributed by atoms with Crippen LogP contribution in [0.5, 0.6) is 0 Å². The molecule has 0 saturated heterocycles. The standard InChI is InChI=1S/C17H21N5O2S/c1-2-18-14(23)10-19-15(24)11-25-17-20-16(12-8-9-12)22(21-17)13-6-4-3-5-7-13/h3-7,12H,2,8-11H2,1H3,(H,18,23)(H,19,24). The van der Waals surface area contributed by atoms with Crippen molar-refractivity contribution in [2.75, 3.05) is 18.8 Å². The van der Waals surface area contributed by atoms with Crippen molar-refractivity contribution in [3.05, 3.63) is 36.2 Å². The van der Waals surface area contributed by atoms with Crippen LogP contribution in [0.2, 0.25) is 0 Å². The third-order valence-corrected chi connectivity index (χ3v) is 4.55. The van der Waals surface area contributed by atoms with Crippen molar-refractivity contribution in [3.63, 3.8) is 0 Å². The maximum Gasteiger partial charge on any atom is 0.239 e. The molecule has 1 aromatic heterocycles. The average molecular weight is 359 g/mol. The number of amides is 2. The third kappa shape index (κ3) is 4.82. The van der Waals surface area contributed by atoms with Gasteiger partial charge in [0.25, 0.3) is 0 Å². The van der Waals surface area contributed by atoms with Gasteiger partial charge in [-0.15, -0.1) is 5.10 Å². The fraction of sp³-hybridized carbons (Fsp3) is 0.412. The fourth-order valence-electron chi connectivity index (χ4n) is 2.35. The Morgan fingerprint density at radius 1 is 1.20 bits per heavy atom. The Morgan fingerprint density at radius 3 is 2.64 bits per heavy atom. The summed E-state index contributed by atoms with van der Waals surface area (Å²) in [5, 5.41) is 10.4. The number of carbonyl (C=O) groups excluding carboxylic acids is 2. The number of rotatable bonds is 8. The van der Waals surface area contributed by atoms with Crippen molar-refractivity contribution in [2.45, 2.75) is 30.8 Å². The number of carbonyl (C=O) groups is 2. The summed E-state index contributed by atoms with van der Waals surface area (Å²) in [6.45, 7) is 2.38. The van der Waals surface area contributed by atoms with Crippen molar-refractivity contribution < 1.29 is 9.59 Å². The molecule has 1 heterocycles. The monoisotopic (exact) mass is 359 g/mol. The van der Waals surface area contributed by atoms with Crippen LogP contribution < -0.4 is 10.6 Å². The Labute approximate surface area is 150 Å². The van der Waals surface area contributed by atoms with Gasteiger partial charge < -0.3 is 10.6 Å². The maximum atomic E-state index is 11.9. The quantitative estimate of drug-likeness (QED) is 0.697. The van der Waals surface area contributed by atoms with Crippen molar-refractivity contribution >= 4 is 23.6 Å². The molecule has 2 N–H and O–H groups in total. The first-order chi connectivity index (χ1) is 12.2. The largest absolute Gasteiger partial charge is 0.355 e. The number of hydrogen-bond acceptors (Lipinski definition) is 5. The highest BCUT2D eigenvalue weighted by molar-refractivity contribution is 7.99. The number of para-hydroxylation sites is 1. The van der Waals surface area contributed by atoms with Crippen LogP contribution in [0.25, 0.3) is 5.69 Å². The van der Waals surface area contributed by atoms with Crippen LogP contribution >= 0.6 is 11.8 Å². The topological polar surface area (TPSA) is 88.9 Å². The smallest absolute Gasteiger partial charge is 0.239 e. The van der Waals surface area contributed by atoms with E-state index in [0.717, 1.165) is 24.4 Å². The average Bonchev–Trinajstić information content (AvgIpc) is 3.39. The second-order valence-electron chi connectivity index (χ2n) is 5.79. The van der Waals surface area contributed by atoms with Crippen LogP contribution in [-0.4, -0.2) is 45.4 Å². The number of hydrogen-bond donors (Lipinski definition) is 2. The normalized spacial score (nSPS) is 13.5. The first-order valence-corrected chi connectivity index (χ1v) is 9.34. The van der Waals surface area contributed by atoms with Gasteiger partial charge in [0.15, 0.2) is 0 Å². The summed E-state index contributed by atoms with van der Waals surface area (Å²) >= 11 is 1.28. The Morgan fingerprint density at radius 2 is 1.96 bits per heavy atom. The van der Waals surface area contributed by atoms with Crippen molar-refractivity contribution in [1.29, 1.82) is 0 Å². The summed E-state index contributed by atoms with van der Waals surface area (Å²) < 4.78 is 1.87. The predicted molar refractivity (Wildman–Crippen MR) is 95.8 cm³/mol. The molecule has 1 saturated carbocycles. The van der Waals surface area contributed by atoms with Crippen molar-refractivity contribution in [2.24, 2.45) is 0 Å². The van der Waals surface area contributed by atoms with E-state index in [0.29, 0.717) is 17.6 Å². The van der Waals surface area contributed by atoms with E-state index in [1.807, 2.05) is 41.9 Å². The molecule has 0 bridgehead atoms. The van der Waals surface area contributed by atoms with Gasteiger partial charge in [-0.05, 0) is 31.9 Å². The zero-order valence-corrected chi connectivity index (χ0v) is 14.9. The van der Waals surface area contributed by atoms with E-state index in [1.165, 1.54) is 11.8 Å². The zero-order valence-electron chi connectivity index (χ0n) is 14.1. The summed E-state index contributed by atoms with van der Waals surface area (Å²) in [6, 6.07) is 9.89. The molecule has 1 fully saturated rings. The van der Waals surface area contributed by atoms with Crippen LogP contribution in [0.4, 0.5) is 0 Å². The van der Waals surface area contributed by atoms with Crippen LogP contribution in [-0.2, 0) is 9.59 Å². The lowest BCUT2D eigenvalue weighted by Gasteiger charge is -2.04. The maximum absolute atomic E-state index is 11.9. The van der Waals surface area contributed by atoms with Gasteiger partial charge in [-0.2, -0.15) is 0 Å². The van der Waals surface area contributed by atoms with Crippen LogP contribution in [0.15, 0.2) is 35.5 Å². The second-order valence-corrected chi connectivity index (χ2v) is 6.74. The number of thioether (sulfide) groups is 1.